The van der Waals surface area contributed by atoms with Crippen molar-refractivity contribution in [1.29, 1.82) is 0 Å². The molecule has 0 bridgehead atoms. The summed E-state index contributed by atoms with van der Waals surface area (Å²) in [4.78, 5) is 26.4. The van der Waals surface area contributed by atoms with Gasteiger partial charge < -0.3 is 14.8 Å². The molecule has 3 rings (SSSR count). The van der Waals surface area contributed by atoms with E-state index in [9.17, 15) is 9.59 Å². The normalized spacial score (nSPS) is 15.9. The number of carbonyl (C=O) groups excluding carboxylic acids is 2. The van der Waals surface area contributed by atoms with Crippen LogP contribution in [0.25, 0.3) is 0 Å². The summed E-state index contributed by atoms with van der Waals surface area (Å²) in [5.41, 5.74) is 1.66. The van der Waals surface area contributed by atoms with Crippen LogP contribution in [0.5, 0.6) is 5.75 Å². The highest BCUT2D eigenvalue weighted by Gasteiger charge is 2.34. The molecule has 0 radical (unpaired) electrons. The maximum atomic E-state index is 12.7. The van der Waals surface area contributed by atoms with Crippen molar-refractivity contribution in [2.24, 2.45) is 11.3 Å². The van der Waals surface area contributed by atoms with Gasteiger partial charge in [0.1, 0.15) is 10.8 Å². The van der Waals surface area contributed by atoms with Crippen molar-refractivity contribution in [3.63, 3.8) is 0 Å². The first-order chi connectivity index (χ1) is 14.6. The molecule has 1 N–H and O–H groups in total. The van der Waals surface area contributed by atoms with Gasteiger partial charge in [0.2, 0.25) is 0 Å². The number of carbonyl (C=O) groups is 2. The van der Waals surface area contributed by atoms with Crippen molar-refractivity contribution in [1.82, 2.24) is 0 Å². The number of fused-ring (bicyclic) bond motifs is 1. The number of anilines is 1. The summed E-state index contributed by atoms with van der Waals surface area (Å²) < 4.78 is 10.8. The molecule has 2 aromatic rings. The van der Waals surface area contributed by atoms with Crippen LogP contribution in [0.3, 0.4) is 0 Å². The molecule has 0 saturated carbocycles. The van der Waals surface area contributed by atoms with Crippen LogP contribution in [-0.2, 0) is 22.4 Å². The van der Waals surface area contributed by atoms with E-state index < -0.39 is 5.97 Å². The Balaban J connectivity index is 1.78. The molecule has 5 nitrogen and oxygen atoms in total. The molecule has 1 aliphatic carbocycles. The SMILES string of the molecule is CCOC(=O)c1c(NC(=O)COc2ccc(Cl)cc2Cl)sc2c1CC[C@H](C(C)(C)C)C2. The van der Waals surface area contributed by atoms with E-state index in [1.165, 1.54) is 11.3 Å². The highest BCUT2D eigenvalue weighted by Crippen LogP contribution is 2.44. The minimum atomic E-state index is -0.397. The summed E-state index contributed by atoms with van der Waals surface area (Å²) in [7, 11) is 0. The molecule has 1 heterocycles. The van der Waals surface area contributed by atoms with E-state index in [4.69, 9.17) is 32.7 Å². The highest BCUT2D eigenvalue weighted by molar-refractivity contribution is 7.17. The summed E-state index contributed by atoms with van der Waals surface area (Å²) in [5.74, 6) is 0.117. The summed E-state index contributed by atoms with van der Waals surface area (Å²) in [6.07, 6.45) is 2.70. The topological polar surface area (TPSA) is 64.6 Å². The van der Waals surface area contributed by atoms with Crippen LogP contribution in [0.2, 0.25) is 10.0 Å². The molecule has 168 valence electrons. The lowest BCUT2D eigenvalue weighted by molar-refractivity contribution is -0.118. The van der Waals surface area contributed by atoms with Crippen LogP contribution in [0, 0.1) is 11.3 Å². The average Bonchev–Trinajstić information content (AvgIpc) is 3.03. The summed E-state index contributed by atoms with van der Waals surface area (Å²) in [5, 5.41) is 4.18. The minimum Gasteiger partial charge on any atom is -0.482 e. The molecule has 1 aromatic carbocycles. The number of benzene rings is 1. The van der Waals surface area contributed by atoms with Gasteiger partial charge in [-0.05, 0) is 61.3 Å². The van der Waals surface area contributed by atoms with Crippen molar-refractivity contribution in [3.05, 3.63) is 44.2 Å². The van der Waals surface area contributed by atoms with E-state index >= 15 is 0 Å². The first-order valence-corrected chi connectivity index (χ1v) is 11.9. The minimum absolute atomic E-state index is 0.181. The van der Waals surface area contributed by atoms with Gasteiger partial charge in [0.15, 0.2) is 6.61 Å². The molecule has 1 atom stereocenters. The number of hydrogen-bond acceptors (Lipinski definition) is 5. The van der Waals surface area contributed by atoms with Crippen LogP contribution >= 0.6 is 34.5 Å². The van der Waals surface area contributed by atoms with Gasteiger partial charge in [0.05, 0.1) is 17.2 Å². The molecule has 31 heavy (non-hydrogen) atoms. The number of halogens is 2. The smallest absolute Gasteiger partial charge is 0.341 e. The second-order valence-electron chi connectivity index (χ2n) is 8.65. The van der Waals surface area contributed by atoms with Gasteiger partial charge in [-0.1, -0.05) is 44.0 Å². The maximum absolute atomic E-state index is 12.7. The largest absolute Gasteiger partial charge is 0.482 e. The van der Waals surface area contributed by atoms with Crippen LogP contribution in [0.15, 0.2) is 18.2 Å². The van der Waals surface area contributed by atoms with E-state index in [-0.39, 0.29) is 24.5 Å². The van der Waals surface area contributed by atoms with Crippen LogP contribution in [0.1, 0.15) is 54.9 Å². The van der Waals surface area contributed by atoms with Gasteiger partial charge in [-0.3, -0.25) is 4.79 Å². The molecule has 0 saturated heterocycles. The zero-order valence-corrected chi connectivity index (χ0v) is 20.5. The van der Waals surface area contributed by atoms with E-state index in [0.717, 1.165) is 29.7 Å². The molecule has 1 aliphatic rings. The van der Waals surface area contributed by atoms with Crippen LogP contribution in [-0.4, -0.2) is 25.1 Å². The third-order valence-corrected chi connectivity index (χ3v) is 7.18. The van der Waals surface area contributed by atoms with Crippen molar-refractivity contribution in [2.45, 2.75) is 47.0 Å². The second kappa shape index (κ2) is 9.80. The third-order valence-electron chi connectivity index (χ3n) is 5.48. The Labute approximate surface area is 197 Å². The molecular formula is C23H27Cl2NO4S. The zero-order valence-electron chi connectivity index (χ0n) is 18.1. The van der Waals surface area contributed by atoms with Crippen molar-refractivity contribution >= 4 is 51.4 Å². The third kappa shape index (κ3) is 5.73. The Kier molecular flexibility index (Phi) is 7.55. The Morgan fingerprint density at radius 2 is 2.00 bits per heavy atom. The van der Waals surface area contributed by atoms with E-state index in [1.807, 2.05) is 0 Å². The predicted molar refractivity (Wildman–Crippen MR) is 126 cm³/mol. The van der Waals surface area contributed by atoms with E-state index in [0.29, 0.717) is 32.3 Å². The number of hydrogen-bond donors (Lipinski definition) is 1. The molecule has 8 heteroatoms. The van der Waals surface area contributed by atoms with E-state index in [2.05, 4.69) is 26.1 Å². The number of amides is 1. The van der Waals surface area contributed by atoms with Gasteiger partial charge in [-0.25, -0.2) is 4.79 Å². The number of esters is 1. The zero-order chi connectivity index (χ0) is 22.8. The van der Waals surface area contributed by atoms with Crippen LogP contribution in [0.4, 0.5) is 5.00 Å². The Hall–Kier alpha value is -1.76. The first-order valence-electron chi connectivity index (χ1n) is 10.3. The summed E-state index contributed by atoms with van der Waals surface area (Å²) >= 11 is 13.4. The molecule has 1 amide bonds. The predicted octanol–water partition coefficient (Wildman–Crippen LogP) is 6.40. The fourth-order valence-electron chi connectivity index (χ4n) is 3.73. The lowest BCUT2D eigenvalue weighted by atomic mass is 9.72. The molecule has 0 spiro atoms. The number of rotatable bonds is 6. The van der Waals surface area contributed by atoms with Crippen molar-refractivity contribution in [2.75, 3.05) is 18.5 Å². The van der Waals surface area contributed by atoms with Crippen molar-refractivity contribution in [3.8, 4) is 5.75 Å². The first kappa shape index (κ1) is 23.9. The summed E-state index contributed by atoms with van der Waals surface area (Å²) in [6, 6.07) is 4.80. The Bertz CT molecular complexity index is 981. The fourth-order valence-corrected chi connectivity index (χ4v) is 5.53. The monoisotopic (exact) mass is 483 g/mol. The van der Waals surface area contributed by atoms with Gasteiger partial charge in [0.25, 0.3) is 5.91 Å². The molecule has 0 unspecified atom stereocenters. The van der Waals surface area contributed by atoms with Gasteiger partial charge >= 0.3 is 5.97 Å². The highest BCUT2D eigenvalue weighted by atomic mass is 35.5. The lowest BCUT2D eigenvalue weighted by Gasteiger charge is -2.33. The number of nitrogens with one attached hydrogen (secondary N) is 1. The molecule has 0 fully saturated rings. The van der Waals surface area contributed by atoms with Crippen LogP contribution < -0.4 is 10.1 Å². The number of ether oxygens (including phenoxy) is 2. The standard InChI is InChI=1S/C23H27Cl2NO4S/c1-5-29-22(28)20-15-8-6-13(23(2,3)4)10-18(15)31-21(20)26-19(27)12-30-17-9-7-14(24)11-16(17)25/h7,9,11,13H,5-6,8,10,12H2,1-4H3,(H,26,27)/t13-/m0/s1. The van der Waals surface area contributed by atoms with E-state index in [1.54, 1.807) is 25.1 Å². The average molecular weight is 484 g/mol. The second-order valence-corrected chi connectivity index (χ2v) is 10.6. The Morgan fingerprint density at radius 1 is 1.26 bits per heavy atom. The number of thiophene rings is 1. The molecular weight excluding hydrogens is 457 g/mol. The van der Waals surface area contributed by atoms with Gasteiger partial charge in [-0.2, -0.15) is 0 Å². The van der Waals surface area contributed by atoms with Gasteiger partial charge in [0, 0.05) is 9.90 Å². The fraction of sp³-hybridized carbons (Fsp3) is 0.478. The van der Waals surface area contributed by atoms with Crippen molar-refractivity contribution < 1.29 is 19.1 Å². The molecule has 0 aliphatic heterocycles. The summed E-state index contributed by atoms with van der Waals surface area (Å²) in [6.45, 7) is 8.53. The molecule has 1 aromatic heterocycles. The van der Waals surface area contributed by atoms with Gasteiger partial charge in [-0.15, -0.1) is 11.3 Å². The Morgan fingerprint density at radius 3 is 2.65 bits per heavy atom. The maximum Gasteiger partial charge on any atom is 0.341 e. The lowest BCUT2D eigenvalue weighted by Crippen LogP contribution is -2.26. The quantitative estimate of drug-likeness (QED) is 0.482.